The molecule has 0 saturated heterocycles. The van der Waals surface area contributed by atoms with E-state index in [0.717, 1.165) is 5.69 Å². The van der Waals surface area contributed by atoms with Crippen LogP contribution in [0.3, 0.4) is 0 Å². The topological polar surface area (TPSA) is 68.8 Å². The summed E-state index contributed by atoms with van der Waals surface area (Å²) >= 11 is 0. The number of aliphatic hydroxyl groups is 1. The third-order valence-electron chi connectivity index (χ3n) is 2.12. The van der Waals surface area contributed by atoms with Gasteiger partial charge in [-0.1, -0.05) is 5.21 Å². The van der Waals surface area contributed by atoms with Crippen LogP contribution in [-0.2, 0) is 20.5 Å². The molecule has 6 heteroatoms. The molecule has 15 heavy (non-hydrogen) atoms. The molecule has 0 aromatic carbocycles. The highest BCUT2D eigenvalue weighted by atomic mass is 16.3. The van der Waals surface area contributed by atoms with Crippen molar-refractivity contribution in [2.75, 3.05) is 0 Å². The third-order valence-corrected chi connectivity index (χ3v) is 2.12. The normalized spacial score (nSPS) is 13.0. The van der Waals surface area contributed by atoms with Crippen molar-refractivity contribution in [3.8, 4) is 0 Å². The number of hydrogen-bond donors (Lipinski definition) is 1. The lowest BCUT2D eigenvalue weighted by molar-refractivity contribution is 0.173. The van der Waals surface area contributed by atoms with E-state index < -0.39 is 6.10 Å². The van der Waals surface area contributed by atoms with E-state index in [0.29, 0.717) is 12.1 Å². The predicted octanol–water partition coefficient (Wildman–Crippen LogP) is -0.175. The average molecular weight is 207 g/mol. The second-order valence-electron chi connectivity index (χ2n) is 3.57. The molecular formula is C9H13N5O. The van der Waals surface area contributed by atoms with Crippen molar-refractivity contribution >= 4 is 0 Å². The lowest BCUT2D eigenvalue weighted by Gasteiger charge is -2.03. The molecule has 2 aromatic rings. The van der Waals surface area contributed by atoms with Crippen LogP contribution in [0.15, 0.2) is 18.7 Å². The first kappa shape index (κ1) is 9.85. The molecule has 1 atom stereocenters. The molecule has 2 aromatic heterocycles. The van der Waals surface area contributed by atoms with Gasteiger partial charge in [-0.2, -0.15) is 0 Å². The van der Waals surface area contributed by atoms with Crippen LogP contribution >= 0.6 is 0 Å². The molecule has 1 unspecified atom stereocenters. The summed E-state index contributed by atoms with van der Waals surface area (Å²) in [5, 5.41) is 17.5. The molecule has 0 radical (unpaired) electrons. The number of aryl methyl sites for hydroxylation is 2. The zero-order valence-electron chi connectivity index (χ0n) is 8.70. The van der Waals surface area contributed by atoms with Gasteiger partial charge in [0.15, 0.2) is 0 Å². The molecule has 0 aliphatic rings. The number of hydrogen-bond acceptors (Lipinski definition) is 4. The van der Waals surface area contributed by atoms with Gasteiger partial charge in [0.05, 0.1) is 17.7 Å². The van der Waals surface area contributed by atoms with Crippen LogP contribution in [0.25, 0.3) is 0 Å². The maximum atomic E-state index is 9.84. The highest BCUT2D eigenvalue weighted by Gasteiger charge is 2.12. The fourth-order valence-corrected chi connectivity index (χ4v) is 1.40. The van der Waals surface area contributed by atoms with Crippen LogP contribution in [0, 0.1) is 0 Å². The molecule has 0 amide bonds. The maximum absolute atomic E-state index is 9.84. The summed E-state index contributed by atoms with van der Waals surface area (Å²) in [6, 6.07) is 0. The Bertz CT molecular complexity index is 447. The summed E-state index contributed by atoms with van der Waals surface area (Å²) in [6.45, 7) is 0. The molecule has 2 heterocycles. The first-order valence-electron chi connectivity index (χ1n) is 4.66. The van der Waals surface area contributed by atoms with Gasteiger partial charge in [0.25, 0.3) is 0 Å². The lowest BCUT2D eigenvalue weighted by Crippen LogP contribution is -2.02. The Balaban J connectivity index is 2.06. The second kappa shape index (κ2) is 3.82. The van der Waals surface area contributed by atoms with Gasteiger partial charge >= 0.3 is 0 Å². The van der Waals surface area contributed by atoms with Gasteiger partial charge < -0.3 is 9.67 Å². The van der Waals surface area contributed by atoms with E-state index in [4.69, 9.17) is 0 Å². The minimum absolute atomic E-state index is 0.435. The van der Waals surface area contributed by atoms with Crippen molar-refractivity contribution in [2.45, 2.75) is 12.5 Å². The van der Waals surface area contributed by atoms with Gasteiger partial charge in [-0.25, -0.2) is 4.98 Å². The Morgan fingerprint density at radius 1 is 1.40 bits per heavy atom. The van der Waals surface area contributed by atoms with Crippen molar-refractivity contribution < 1.29 is 5.11 Å². The maximum Gasteiger partial charge on any atom is 0.103 e. The van der Waals surface area contributed by atoms with Gasteiger partial charge in [0.1, 0.15) is 6.10 Å². The zero-order chi connectivity index (χ0) is 10.8. The van der Waals surface area contributed by atoms with Gasteiger partial charge in [0.2, 0.25) is 0 Å². The van der Waals surface area contributed by atoms with Crippen LogP contribution < -0.4 is 0 Å². The zero-order valence-corrected chi connectivity index (χ0v) is 8.70. The minimum Gasteiger partial charge on any atom is -0.386 e. The van der Waals surface area contributed by atoms with Crippen LogP contribution in [0.2, 0.25) is 0 Å². The minimum atomic E-state index is -0.622. The Morgan fingerprint density at radius 2 is 2.20 bits per heavy atom. The molecule has 0 aliphatic heterocycles. The van der Waals surface area contributed by atoms with Crippen LogP contribution in [0.4, 0.5) is 0 Å². The number of imidazole rings is 1. The summed E-state index contributed by atoms with van der Waals surface area (Å²) in [7, 11) is 3.66. The van der Waals surface area contributed by atoms with E-state index in [2.05, 4.69) is 15.3 Å². The molecule has 80 valence electrons. The van der Waals surface area contributed by atoms with Crippen molar-refractivity contribution in [1.29, 1.82) is 0 Å². The Kier molecular flexibility index (Phi) is 2.51. The summed E-state index contributed by atoms with van der Waals surface area (Å²) in [6.07, 6.45) is 5.05. The van der Waals surface area contributed by atoms with Crippen molar-refractivity contribution in [3.05, 3.63) is 30.1 Å². The van der Waals surface area contributed by atoms with E-state index in [1.807, 2.05) is 7.05 Å². The van der Waals surface area contributed by atoms with E-state index in [1.165, 1.54) is 0 Å². The summed E-state index contributed by atoms with van der Waals surface area (Å²) in [4.78, 5) is 4.08. The average Bonchev–Trinajstić information content (AvgIpc) is 2.75. The molecular weight excluding hydrogens is 194 g/mol. The predicted molar refractivity (Wildman–Crippen MR) is 52.9 cm³/mol. The van der Waals surface area contributed by atoms with Crippen molar-refractivity contribution in [3.63, 3.8) is 0 Å². The van der Waals surface area contributed by atoms with E-state index >= 15 is 0 Å². The molecule has 0 spiro atoms. The quantitative estimate of drug-likeness (QED) is 0.758. The number of rotatable bonds is 3. The van der Waals surface area contributed by atoms with Gasteiger partial charge in [0, 0.05) is 32.9 Å². The number of nitrogens with zero attached hydrogens (tertiary/aromatic N) is 5. The molecule has 0 bridgehead atoms. The fourth-order valence-electron chi connectivity index (χ4n) is 1.40. The fraction of sp³-hybridized carbons (Fsp3) is 0.444. The molecule has 0 aliphatic carbocycles. The molecule has 0 fully saturated rings. The summed E-state index contributed by atoms with van der Waals surface area (Å²) in [5.41, 5.74) is 1.42. The van der Waals surface area contributed by atoms with Gasteiger partial charge in [-0.15, -0.1) is 5.10 Å². The standard InChI is InChI=1S/C9H13N5O/c1-13-5-8(10-6-13)9(15)3-7-4-14(2)12-11-7/h4-6,9,15H,3H2,1-2H3. The summed E-state index contributed by atoms with van der Waals surface area (Å²) in [5.74, 6) is 0. The van der Waals surface area contributed by atoms with Gasteiger partial charge in [-0.05, 0) is 0 Å². The monoisotopic (exact) mass is 207 g/mol. The van der Waals surface area contributed by atoms with Crippen LogP contribution in [0.1, 0.15) is 17.5 Å². The highest BCUT2D eigenvalue weighted by Crippen LogP contribution is 2.14. The number of aromatic nitrogens is 5. The molecule has 2 rings (SSSR count). The van der Waals surface area contributed by atoms with Crippen LogP contribution in [0.5, 0.6) is 0 Å². The lowest BCUT2D eigenvalue weighted by atomic mass is 10.1. The highest BCUT2D eigenvalue weighted by molar-refractivity contribution is 5.05. The smallest absolute Gasteiger partial charge is 0.103 e. The van der Waals surface area contributed by atoms with Crippen molar-refractivity contribution in [2.24, 2.45) is 14.1 Å². The van der Waals surface area contributed by atoms with Gasteiger partial charge in [-0.3, -0.25) is 4.68 Å². The molecule has 6 nitrogen and oxygen atoms in total. The van der Waals surface area contributed by atoms with Crippen molar-refractivity contribution in [1.82, 2.24) is 24.5 Å². The van der Waals surface area contributed by atoms with E-state index in [1.54, 1.807) is 35.0 Å². The first-order valence-corrected chi connectivity index (χ1v) is 4.66. The number of aliphatic hydroxyl groups excluding tert-OH is 1. The largest absolute Gasteiger partial charge is 0.386 e. The van der Waals surface area contributed by atoms with E-state index in [-0.39, 0.29) is 0 Å². The SMILES string of the molecule is Cn1cnc(C(O)Cc2cn(C)nn2)c1. The second-order valence-corrected chi connectivity index (χ2v) is 3.57. The third kappa shape index (κ3) is 2.21. The first-order chi connectivity index (χ1) is 7.15. The Labute approximate surface area is 87.2 Å². The Morgan fingerprint density at radius 3 is 2.73 bits per heavy atom. The molecule has 1 N–H and O–H groups in total. The molecule has 0 saturated carbocycles. The van der Waals surface area contributed by atoms with Crippen LogP contribution in [-0.4, -0.2) is 29.7 Å². The summed E-state index contributed by atoms with van der Waals surface area (Å²) < 4.78 is 3.41. The van der Waals surface area contributed by atoms with E-state index in [9.17, 15) is 5.11 Å². The Hall–Kier alpha value is -1.69.